The molecule has 35 heavy (non-hydrogen) atoms. The van der Waals surface area contributed by atoms with Gasteiger partial charge in [-0.05, 0) is 55.5 Å². The van der Waals surface area contributed by atoms with Crippen LogP contribution in [0.4, 0.5) is 24.8 Å². The number of fused-ring (bicyclic) bond motifs is 6. The topological polar surface area (TPSA) is 95.4 Å². The number of pyridine rings is 2. The number of aryl methyl sites for hydroxylation is 1. The van der Waals surface area contributed by atoms with Crippen molar-refractivity contribution in [2.75, 3.05) is 29.3 Å². The lowest BCUT2D eigenvalue weighted by Crippen LogP contribution is -2.28. The lowest BCUT2D eigenvalue weighted by atomic mass is 9.96. The number of hydrogen-bond donors (Lipinski definition) is 2. The second-order valence-electron chi connectivity index (χ2n) is 8.21. The first-order valence-corrected chi connectivity index (χ1v) is 12.7. The molecule has 0 atom stereocenters. The van der Waals surface area contributed by atoms with Crippen LogP contribution in [-0.4, -0.2) is 43.2 Å². The Labute approximate surface area is 201 Å². The SMILES string of the molecule is O=S1(=O)Nc2ccc(C(F)(F)F)c(n2)-c2ccccc2CCCCN(CCCO)c2cccc1n2. The molecule has 186 valence electrons. The number of hydrogen-bond acceptors (Lipinski definition) is 6. The first-order valence-electron chi connectivity index (χ1n) is 11.2. The molecule has 1 aliphatic rings. The molecule has 2 N–H and O–H groups in total. The minimum atomic E-state index is -4.67. The fourth-order valence-electron chi connectivity index (χ4n) is 4.06. The van der Waals surface area contributed by atoms with Crippen molar-refractivity contribution in [1.82, 2.24) is 9.97 Å². The van der Waals surface area contributed by atoms with Gasteiger partial charge in [-0.2, -0.15) is 21.6 Å². The van der Waals surface area contributed by atoms with E-state index in [9.17, 15) is 26.7 Å². The average Bonchev–Trinajstić information content (AvgIpc) is 2.82. The number of aliphatic hydroxyl groups excluding tert-OH is 1. The van der Waals surface area contributed by atoms with Crippen molar-refractivity contribution in [1.29, 1.82) is 0 Å². The van der Waals surface area contributed by atoms with Gasteiger partial charge in [-0.3, -0.25) is 4.72 Å². The van der Waals surface area contributed by atoms with Crippen LogP contribution < -0.4 is 9.62 Å². The third-order valence-corrected chi connectivity index (χ3v) is 6.99. The molecule has 0 fully saturated rings. The molecule has 0 radical (unpaired) electrons. The summed E-state index contributed by atoms with van der Waals surface area (Å²) < 4.78 is 69.9. The highest BCUT2D eigenvalue weighted by atomic mass is 32.2. The maximum absolute atomic E-state index is 13.8. The van der Waals surface area contributed by atoms with Crippen LogP contribution in [0.25, 0.3) is 11.3 Å². The summed E-state index contributed by atoms with van der Waals surface area (Å²) in [7, 11) is -4.23. The zero-order chi connectivity index (χ0) is 25.1. The summed E-state index contributed by atoms with van der Waals surface area (Å²) in [5, 5.41) is 9.01. The van der Waals surface area contributed by atoms with Gasteiger partial charge >= 0.3 is 6.18 Å². The Morgan fingerprint density at radius 1 is 1.00 bits per heavy atom. The minimum absolute atomic E-state index is 0.0216. The second kappa shape index (κ2) is 10.2. The molecule has 4 rings (SSSR count). The zero-order valence-corrected chi connectivity index (χ0v) is 19.6. The average molecular weight is 507 g/mol. The monoisotopic (exact) mass is 506 g/mol. The summed E-state index contributed by atoms with van der Waals surface area (Å²) in [6.07, 6.45) is -2.29. The summed E-state index contributed by atoms with van der Waals surface area (Å²) >= 11 is 0. The molecule has 4 bridgehead atoms. The highest BCUT2D eigenvalue weighted by molar-refractivity contribution is 7.92. The highest BCUT2D eigenvalue weighted by Crippen LogP contribution is 2.38. The number of aromatic nitrogens is 2. The molecule has 3 heterocycles. The molecule has 0 amide bonds. The van der Waals surface area contributed by atoms with Crippen molar-refractivity contribution < 1.29 is 26.7 Å². The molecule has 0 saturated carbocycles. The lowest BCUT2D eigenvalue weighted by molar-refractivity contribution is -0.137. The van der Waals surface area contributed by atoms with E-state index >= 15 is 0 Å². The van der Waals surface area contributed by atoms with Gasteiger partial charge in [-0.25, -0.2) is 9.97 Å². The van der Waals surface area contributed by atoms with Crippen molar-refractivity contribution in [2.45, 2.75) is 36.9 Å². The number of sulfonamides is 1. The molecule has 1 aromatic carbocycles. The molecular formula is C24H25F3N4O3S. The van der Waals surface area contributed by atoms with E-state index in [4.69, 9.17) is 0 Å². The number of rotatable bonds is 3. The maximum atomic E-state index is 13.8. The predicted octanol–water partition coefficient (Wildman–Crippen LogP) is 4.49. The molecule has 0 spiro atoms. The van der Waals surface area contributed by atoms with E-state index in [1.807, 2.05) is 4.90 Å². The molecule has 11 heteroatoms. The van der Waals surface area contributed by atoms with E-state index in [0.717, 1.165) is 12.1 Å². The van der Waals surface area contributed by atoms with Gasteiger partial charge in [-0.1, -0.05) is 30.3 Å². The Morgan fingerprint density at radius 2 is 1.80 bits per heavy atom. The van der Waals surface area contributed by atoms with Gasteiger partial charge in [0.05, 0.1) is 11.3 Å². The van der Waals surface area contributed by atoms with Crippen molar-refractivity contribution >= 4 is 21.7 Å². The van der Waals surface area contributed by atoms with Gasteiger partial charge in [-0.15, -0.1) is 0 Å². The summed E-state index contributed by atoms with van der Waals surface area (Å²) in [6.45, 7) is 1.01. The third-order valence-electron chi connectivity index (χ3n) is 5.73. The number of nitrogens with one attached hydrogen (secondary N) is 1. The van der Waals surface area contributed by atoms with Crippen LogP contribution in [0, 0.1) is 0 Å². The number of halogens is 3. The Morgan fingerprint density at radius 3 is 2.57 bits per heavy atom. The smallest absolute Gasteiger partial charge is 0.396 e. The van der Waals surface area contributed by atoms with E-state index in [0.29, 0.717) is 55.7 Å². The van der Waals surface area contributed by atoms with Crippen molar-refractivity contribution in [2.24, 2.45) is 0 Å². The van der Waals surface area contributed by atoms with Crippen LogP contribution in [0.1, 0.15) is 30.4 Å². The van der Waals surface area contributed by atoms with Gasteiger partial charge in [0.1, 0.15) is 11.6 Å². The Balaban J connectivity index is 1.85. The summed E-state index contributed by atoms with van der Waals surface area (Å²) in [5.74, 6) is 0.208. The van der Waals surface area contributed by atoms with Crippen molar-refractivity contribution in [3.05, 3.63) is 65.7 Å². The van der Waals surface area contributed by atoms with Gasteiger partial charge in [0, 0.05) is 25.3 Å². The van der Waals surface area contributed by atoms with Crippen LogP contribution in [0.5, 0.6) is 0 Å². The second-order valence-corrected chi connectivity index (χ2v) is 9.84. The molecule has 1 aliphatic heterocycles. The zero-order valence-electron chi connectivity index (χ0n) is 18.8. The first-order chi connectivity index (χ1) is 16.7. The normalized spacial score (nSPS) is 15.9. The standard InChI is InChI=1S/C24H25F3N4O3S/c25-24(26,27)19-12-13-20-28-23(19)18-9-2-1-7-17(18)8-3-4-14-31(15-6-16-32)21-10-5-11-22(29-21)35(33,34)30-20/h1-2,5,7,9-13,32H,3-4,6,8,14-16H2,(H,28,30). The largest absolute Gasteiger partial charge is 0.418 e. The molecule has 0 saturated heterocycles. The van der Waals surface area contributed by atoms with Gasteiger partial charge in [0.2, 0.25) is 0 Å². The first kappa shape index (κ1) is 24.9. The number of anilines is 2. The Kier molecular flexibility index (Phi) is 7.27. The van der Waals surface area contributed by atoms with Crippen LogP contribution in [0.15, 0.2) is 59.6 Å². The van der Waals surface area contributed by atoms with Crippen LogP contribution >= 0.6 is 0 Å². The van der Waals surface area contributed by atoms with E-state index in [1.54, 1.807) is 36.4 Å². The van der Waals surface area contributed by atoms with E-state index in [1.165, 1.54) is 6.07 Å². The van der Waals surface area contributed by atoms with E-state index in [-0.39, 0.29) is 23.1 Å². The highest BCUT2D eigenvalue weighted by Gasteiger charge is 2.35. The number of aliphatic hydroxyl groups is 1. The molecule has 0 unspecified atom stereocenters. The lowest BCUT2D eigenvalue weighted by Gasteiger charge is -2.24. The number of nitrogens with zero attached hydrogens (tertiary/aromatic N) is 3. The maximum Gasteiger partial charge on any atom is 0.418 e. The molecule has 0 aliphatic carbocycles. The predicted molar refractivity (Wildman–Crippen MR) is 127 cm³/mol. The van der Waals surface area contributed by atoms with Crippen molar-refractivity contribution in [3.8, 4) is 11.3 Å². The van der Waals surface area contributed by atoms with Crippen molar-refractivity contribution in [3.63, 3.8) is 0 Å². The van der Waals surface area contributed by atoms with Crippen LogP contribution in [0.2, 0.25) is 0 Å². The van der Waals surface area contributed by atoms with Gasteiger partial charge < -0.3 is 10.0 Å². The fraction of sp³-hybridized carbons (Fsp3) is 0.333. The van der Waals surface area contributed by atoms with Gasteiger partial charge in [0.15, 0.2) is 5.03 Å². The molecule has 7 nitrogen and oxygen atoms in total. The van der Waals surface area contributed by atoms with E-state index in [2.05, 4.69) is 14.7 Å². The summed E-state index contributed by atoms with van der Waals surface area (Å²) in [5.41, 5.74) is -0.255. The molecular weight excluding hydrogens is 481 g/mol. The minimum Gasteiger partial charge on any atom is -0.396 e. The summed E-state index contributed by atoms with van der Waals surface area (Å²) in [4.78, 5) is 10.3. The summed E-state index contributed by atoms with van der Waals surface area (Å²) in [6, 6.07) is 13.1. The van der Waals surface area contributed by atoms with Crippen LogP contribution in [0.3, 0.4) is 0 Å². The van der Waals surface area contributed by atoms with E-state index < -0.39 is 21.8 Å². The quantitative estimate of drug-likeness (QED) is 0.544. The third kappa shape index (κ3) is 5.73. The van der Waals surface area contributed by atoms with Crippen LogP contribution in [-0.2, 0) is 22.6 Å². The molecule has 3 aromatic rings. The number of benzene rings is 1. The molecule has 2 aromatic heterocycles. The Bertz CT molecular complexity index is 1300. The fourth-order valence-corrected chi connectivity index (χ4v) is 5.02. The van der Waals surface area contributed by atoms with Gasteiger partial charge in [0.25, 0.3) is 10.0 Å². The number of alkyl halides is 3. The Hall–Kier alpha value is -3.18.